The monoisotopic (exact) mass is 305 g/mol. The highest BCUT2D eigenvalue weighted by atomic mass is 35.5. The van der Waals surface area contributed by atoms with E-state index in [0.717, 1.165) is 6.54 Å². The lowest BCUT2D eigenvalue weighted by atomic mass is 10.3. The predicted octanol–water partition coefficient (Wildman–Crippen LogP) is 3.70. The van der Waals surface area contributed by atoms with Crippen LogP contribution in [0.4, 0.5) is 21.7 Å². The molecule has 0 unspecified atom stereocenters. The molecule has 7 heteroatoms. The van der Waals surface area contributed by atoms with Crippen molar-refractivity contribution in [3.63, 3.8) is 0 Å². The summed E-state index contributed by atoms with van der Waals surface area (Å²) in [5.74, 6) is 0.711. The van der Waals surface area contributed by atoms with Crippen LogP contribution in [0.15, 0.2) is 36.8 Å². The number of aromatic nitrogens is 3. The number of benzene rings is 1. The summed E-state index contributed by atoms with van der Waals surface area (Å²) in [4.78, 5) is 8.64. The van der Waals surface area contributed by atoms with Crippen LogP contribution in [-0.2, 0) is 0 Å². The number of hydrogen-bond donors (Lipinski definition) is 2. The summed E-state index contributed by atoms with van der Waals surface area (Å²) >= 11 is 5.75. The van der Waals surface area contributed by atoms with Gasteiger partial charge in [-0.15, -0.1) is 0 Å². The van der Waals surface area contributed by atoms with Crippen LogP contribution in [-0.4, -0.2) is 20.9 Å². The molecule has 0 amide bonds. The molecule has 0 aliphatic rings. The van der Waals surface area contributed by atoms with Crippen molar-refractivity contribution in [2.45, 2.75) is 6.92 Å². The second-order valence-corrected chi connectivity index (χ2v) is 4.85. The SMILES string of the molecule is CCNc1cn2ccnc2c(Nc2ccc(Cl)cc2F)n1. The number of halogens is 2. The van der Waals surface area contributed by atoms with Gasteiger partial charge in [0.1, 0.15) is 11.6 Å². The Hall–Kier alpha value is -2.34. The molecule has 2 heterocycles. The molecular weight excluding hydrogens is 293 g/mol. The fourth-order valence-electron chi connectivity index (χ4n) is 2.00. The molecule has 0 aliphatic heterocycles. The van der Waals surface area contributed by atoms with E-state index in [1.165, 1.54) is 6.07 Å². The van der Waals surface area contributed by atoms with Gasteiger partial charge in [-0.25, -0.2) is 14.4 Å². The van der Waals surface area contributed by atoms with Gasteiger partial charge in [-0.2, -0.15) is 0 Å². The van der Waals surface area contributed by atoms with Crippen LogP contribution in [0.3, 0.4) is 0 Å². The van der Waals surface area contributed by atoms with Crippen LogP contribution in [0, 0.1) is 5.82 Å². The van der Waals surface area contributed by atoms with Crippen LogP contribution in [0.2, 0.25) is 5.02 Å². The fraction of sp³-hybridized carbons (Fsp3) is 0.143. The lowest BCUT2D eigenvalue weighted by Crippen LogP contribution is -2.05. The fourth-order valence-corrected chi connectivity index (χ4v) is 2.16. The van der Waals surface area contributed by atoms with Crippen molar-refractivity contribution >= 4 is 34.6 Å². The second-order valence-electron chi connectivity index (χ2n) is 4.41. The standard InChI is InChI=1S/C14H13ClFN5/c1-2-17-12-8-21-6-5-18-14(21)13(20-12)19-11-4-3-9(15)7-10(11)16/h3-8,17H,2H2,1H3,(H,19,20). The Morgan fingerprint density at radius 1 is 1.38 bits per heavy atom. The number of fused-ring (bicyclic) bond motifs is 1. The predicted molar refractivity (Wildman–Crippen MR) is 81.8 cm³/mol. The highest BCUT2D eigenvalue weighted by Crippen LogP contribution is 2.25. The summed E-state index contributed by atoms with van der Waals surface area (Å²) in [6.45, 7) is 2.72. The van der Waals surface area contributed by atoms with Gasteiger partial charge in [0.15, 0.2) is 11.5 Å². The van der Waals surface area contributed by atoms with Gasteiger partial charge in [0.25, 0.3) is 0 Å². The minimum atomic E-state index is -0.442. The van der Waals surface area contributed by atoms with Crippen molar-refractivity contribution in [1.82, 2.24) is 14.4 Å². The van der Waals surface area contributed by atoms with Crippen LogP contribution >= 0.6 is 11.6 Å². The summed E-state index contributed by atoms with van der Waals surface area (Å²) in [6.07, 6.45) is 5.30. The van der Waals surface area contributed by atoms with Crippen molar-refractivity contribution < 1.29 is 4.39 Å². The molecule has 108 valence electrons. The minimum Gasteiger partial charge on any atom is -0.369 e. The quantitative estimate of drug-likeness (QED) is 0.772. The van der Waals surface area contributed by atoms with Gasteiger partial charge < -0.3 is 15.0 Å². The molecule has 0 saturated carbocycles. The number of imidazole rings is 1. The summed E-state index contributed by atoms with van der Waals surface area (Å²) in [6, 6.07) is 4.43. The minimum absolute atomic E-state index is 0.297. The first-order valence-electron chi connectivity index (χ1n) is 6.47. The molecule has 2 N–H and O–H groups in total. The molecule has 21 heavy (non-hydrogen) atoms. The van der Waals surface area contributed by atoms with Crippen LogP contribution in [0.5, 0.6) is 0 Å². The Labute approximate surface area is 125 Å². The normalized spacial score (nSPS) is 10.8. The molecule has 0 radical (unpaired) electrons. The van der Waals surface area contributed by atoms with E-state index in [1.807, 2.05) is 17.5 Å². The molecular formula is C14H13ClFN5. The Balaban J connectivity index is 2.04. The van der Waals surface area contributed by atoms with E-state index in [9.17, 15) is 4.39 Å². The summed E-state index contributed by atoms with van der Waals surface area (Å²) in [5.41, 5.74) is 0.913. The van der Waals surface area contributed by atoms with E-state index in [2.05, 4.69) is 20.6 Å². The zero-order valence-corrected chi connectivity index (χ0v) is 12.0. The maximum Gasteiger partial charge on any atom is 0.180 e. The van der Waals surface area contributed by atoms with Gasteiger partial charge in [0.2, 0.25) is 0 Å². The van der Waals surface area contributed by atoms with Crippen LogP contribution in [0.1, 0.15) is 6.92 Å². The van der Waals surface area contributed by atoms with Gasteiger partial charge >= 0.3 is 0 Å². The third kappa shape index (κ3) is 2.75. The molecule has 0 aliphatic carbocycles. The molecule has 0 saturated heterocycles. The Bertz CT molecular complexity index is 786. The smallest absolute Gasteiger partial charge is 0.180 e. The number of rotatable bonds is 4. The van der Waals surface area contributed by atoms with Crippen molar-refractivity contribution in [3.05, 3.63) is 47.6 Å². The van der Waals surface area contributed by atoms with Crippen LogP contribution in [0.25, 0.3) is 5.65 Å². The van der Waals surface area contributed by atoms with E-state index in [0.29, 0.717) is 28.0 Å². The lowest BCUT2D eigenvalue weighted by Gasteiger charge is -2.11. The Morgan fingerprint density at radius 3 is 3.00 bits per heavy atom. The van der Waals surface area contributed by atoms with Gasteiger partial charge in [-0.05, 0) is 25.1 Å². The largest absolute Gasteiger partial charge is 0.369 e. The maximum atomic E-state index is 13.9. The van der Waals surface area contributed by atoms with Crippen LogP contribution < -0.4 is 10.6 Å². The maximum absolute atomic E-state index is 13.9. The first kappa shape index (κ1) is 13.6. The summed E-state index contributed by atoms with van der Waals surface area (Å²) in [5, 5.41) is 6.43. The Kier molecular flexibility index (Phi) is 3.62. The molecule has 0 spiro atoms. The van der Waals surface area contributed by atoms with E-state index >= 15 is 0 Å². The van der Waals surface area contributed by atoms with E-state index in [1.54, 1.807) is 24.5 Å². The summed E-state index contributed by atoms with van der Waals surface area (Å²) < 4.78 is 15.7. The van der Waals surface area contributed by atoms with Crippen molar-refractivity contribution in [3.8, 4) is 0 Å². The second kappa shape index (κ2) is 5.57. The highest BCUT2D eigenvalue weighted by Gasteiger charge is 2.10. The average molecular weight is 306 g/mol. The zero-order chi connectivity index (χ0) is 14.8. The molecule has 3 aromatic rings. The first-order chi connectivity index (χ1) is 10.2. The molecule has 2 aromatic heterocycles. The third-order valence-corrected chi connectivity index (χ3v) is 3.15. The molecule has 0 fully saturated rings. The van der Waals surface area contributed by atoms with Gasteiger partial charge in [0.05, 0.1) is 11.9 Å². The van der Waals surface area contributed by atoms with E-state index in [-0.39, 0.29) is 0 Å². The lowest BCUT2D eigenvalue weighted by molar-refractivity contribution is 0.632. The number of nitrogens with one attached hydrogen (secondary N) is 2. The average Bonchev–Trinajstić information content (AvgIpc) is 2.91. The van der Waals surface area contributed by atoms with E-state index < -0.39 is 5.82 Å². The molecule has 5 nitrogen and oxygen atoms in total. The van der Waals surface area contributed by atoms with Gasteiger partial charge in [0, 0.05) is 24.0 Å². The number of hydrogen-bond acceptors (Lipinski definition) is 4. The van der Waals surface area contributed by atoms with Crippen molar-refractivity contribution in [1.29, 1.82) is 0 Å². The zero-order valence-electron chi connectivity index (χ0n) is 11.3. The van der Waals surface area contributed by atoms with Gasteiger partial charge in [-0.1, -0.05) is 11.6 Å². The van der Waals surface area contributed by atoms with E-state index in [4.69, 9.17) is 11.6 Å². The van der Waals surface area contributed by atoms with Crippen molar-refractivity contribution in [2.24, 2.45) is 0 Å². The molecule has 0 bridgehead atoms. The molecule has 3 rings (SSSR count). The van der Waals surface area contributed by atoms with Gasteiger partial charge in [-0.3, -0.25) is 0 Å². The molecule has 1 aromatic carbocycles. The number of nitrogens with zero attached hydrogens (tertiary/aromatic N) is 3. The summed E-state index contributed by atoms with van der Waals surface area (Å²) in [7, 11) is 0. The third-order valence-electron chi connectivity index (χ3n) is 2.92. The number of anilines is 3. The van der Waals surface area contributed by atoms with Crippen molar-refractivity contribution in [2.75, 3.05) is 17.2 Å². The highest BCUT2D eigenvalue weighted by molar-refractivity contribution is 6.30. The topological polar surface area (TPSA) is 54.2 Å². The first-order valence-corrected chi connectivity index (χ1v) is 6.85. The Morgan fingerprint density at radius 2 is 2.24 bits per heavy atom. The molecule has 0 atom stereocenters.